The summed E-state index contributed by atoms with van der Waals surface area (Å²) in [4.78, 5) is 14.5. The molecule has 2 N–H and O–H groups in total. The third kappa shape index (κ3) is 4.02. The Bertz CT molecular complexity index is 1300. The van der Waals surface area contributed by atoms with Gasteiger partial charge < -0.3 is 9.71 Å². The van der Waals surface area contributed by atoms with E-state index in [-0.39, 0.29) is 11.4 Å². The predicted molar refractivity (Wildman–Crippen MR) is 116 cm³/mol. The third-order valence-electron chi connectivity index (χ3n) is 4.77. The molecule has 4 rings (SSSR count). The van der Waals surface area contributed by atoms with Gasteiger partial charge in [0.25, 0.3) is 5.56 Å². The second-order valence-electron chi connectivity index (χ2n) is 6.90. The fraction of sp³-hybridized carbons (Fsp3) is 0.190. The number of aromatic amines is 1. The van der Waals surface area contributed by atoms with E-state index in [1.807, 2.05) is 19.1 Å². The SMILES string of the molecule is CCS(=O)Nc1cc(-c2c[nH]c(=O)c(C)c2)cc2c1nnn2Cc1ccc(F)cc1. The molecule has 154 valence electrons. The van der Waals surface area contributed by atoms with Crippen LogP contribution < -0.4 is 10.3 Å². The summed E-state index contributed by atoms with van der Waals surface area (Å²) in [5.74, 6) is 0.138. The molecule has 30 heavy (non-hydrogen) atoms. The van der Waals surface area contributed by atoms with Gasteiger partial charge in [-0.15, -0.1) is 5.10 Å². The van der Waals surface area contributed by atoms with Crippen molar-refractivity contribution in [3.05, 3.63) is 76.0 Å². The molecular formula is C21H20FN5O2S. The fourth-order valence-electron chi connectivity index (χ4n) is 3.15. The van der Waals surface area contributed by atoms with E-state index in [1.54, 1.807) is 36.0 Å². The van der Waals surface area contributed by atoms with Gasteiger partial charge in [0.05, 0.1) is 17.7 Å². The Morgan fingerprint density at radius 2 is 1.93 bits per heavy atom. The molecule has 0 saturated carbocycles. The van der Waals surface area contributed by atoms with Crippen LogP contribution in [0.4, 0.5) is 10.1 Å². The van der Waals surface area contributed by atoms with Crippen molar-refractivity contribution in [2.24, 2.45) is 0 Å². The minimum atomic E-state index is -1.26. The highest BCUT2D eigenvalue weighted by atomic mass is 32.2. The largest absolute Gasteiger partial charge is 0.328 e. The van der Waals surface area contributed by atoms with Crippen molar-refractivity contribution in [1.82, 2.24) is 20.0 Å². The van der Waals surface area contributed by atoms with Crippen molar-refractivity contribution >= 4 is 27.7 Å². The number of aromatic nitrogens is 4. The molecule has 2 aromatic carbocycles. The van der Waals surface area contributed by atoms with Gasteiger partial charge in [0.1, 0.15) is 22.3 Å². The Labute approximate surface area is 174 Å². The number of pyridine rings is 1. The number of benzene rings is 2. The molecule has 7 nitrogen and oxygen atoms in total. The van der Waals surface area contributed by atoms with Crippen LogP contribution in [0.3, 0.4) is 0 Å². The van der Waals surface area contributed by atoms with Crippen molar-refractivity contribution in [2.45, 2.75) is 20.4 Å². The molecule has 0 bridgehead atoms. The van der Waals surface area contributed by atoms with Crippen LogP contribution >= 0.6 is 0 Å². The smallest absolute Gasteiger partial charge is 0.250 e. The molecule has 1 atom stereocenters. The molecule has 0 aliphatic carbocycles. The molecule has 0 saturated heterocycles. The summed E-state index contributed by atoms with van der Waals surface area (Å²) in [6.45, 7) is 3.97. The normalized spacial score (nSPS) is 12.2. The lowest BCUT2D eigenvalue weighted by molar-refractivity contribution is 0.624. The molecule has 9 heteroatoms. The first-order valence-electron chi connectivity index (χ1n) is 9.41. The minimum absolute atomic E-state index is 0.145. The number of nitrogens with one attached hydrogen (secondary N) is 2. The Balaban J connectivity index is 1.85. The molecule has 1 unspecified atom stereocenters. The molecule has 0 amide bonds. The Morgan fingerprint density at radius 3 is 2.63 bits per heavy atom. The maximum atomic E-state index is 13.2. The summed E-state index contributed by atoms with van der Waals surface area (Å²) < 4.78 is 30.1. The van der Waals surface area contributed by atoms with E-state index in [0.29, 0.717) is 29.1 Å². The van der Waals surface area contributed by atoms with E-state index >= 15 is 0 Å². The molecule has 2 aromatic heterocycles. The lowest BCUT2D eigenvalue weighted by Crippen LogP contribution is -2.09. The topological polar surface area (TPSA) is 92.7 Å². The van der Waals surface area contributed by atoms with Gasteiger partial charge >= 0.3 is 0 Å². The average molecular weight is 425 g/mol. The lowest BCUT2D eigenvalue weighted by Gasteiger charge is -2.10. The van der Waals surface area contributed by atoms with E-state index in [0.717, 1.165) is 22.2 Å². The highest BCUT2D eigenvalue weighted by Gasteiger charge is 2.15. The van der Waals surface area contributed by atoms with E-state index in [9.17, 15) is 13.4 Å². The summed E-state index contributed by atoms with van der Waals surface area (Å²) in [6, 6.07) is 11.8. The van der Waals surface area contributed by atoms with Gasteiger partial charge in [0, 0.05) is 17.5 Å². The van der Waals surface area contributed by atoms with Gasteiger partial charge in [-0.25, -0.2) is 13.3 Å². The summed E-state index contributed by atoms with van der Waals surface area (Å²) in [6.07, 6.45) is 1.64. The van der Waals surface area contributed by atoms with Gasteiger partial charge in [-0.1, -0.05) is 24.3 Å². The number of hydrogen-bond donors (Lipinski definition) is 2. The number of H-pyrrole nitrogens is 1. The number of nitrogens with zero attached hydrogens (tertiary/aromatic N) is 3. The zero-order chi connectivity index (χ0) is 21.3. The van der Waals surface area contributed by atoms with Crippen molar-refractivity contribution in [3.8, 4) is 11.1 Å². The van der Waals surface area contributed by atoms with Crippen LogP contribution in [0, 0.1) is 12.7 Å². The van der Waals surface area contributed by atoms with Gasteiger partial charge in [0.2, 0.25) is 0 Å². The molecule has 0 fully saturated rings. The van der Waals surface area contributed by atoms with Crippen molar-refractivity contribution in [1.29, 1.82) is 0 Å². The highest BCUT2D eigenvalue weighted by Crippen LogP contribution is 2.30. The van der Waals surface area contributed by atoms with Crippen LogP contribution in [0.15, 0.2) is 53.5 Å². The van der Waals surface area contributed by atoms with E-state index in [2.05, 4.69) is 20.0 Å². The van der Waals surface area contributed by atoms with Crippen molar-refractivity contribution in [2.75, 3.05) is 10.5 Å². The Morgan fingerprint density at radius 1 is 1.17 bits per heavy atom. The van der Waals surface area contributed by atoms with Gasteiger partial charge in [-0.05, 0) is 53.9 Å². The number of hydrogen-bond acceptors (Lipinski definition) is 4. The first-order valence-corrected chi connectivity index (χ1v) is 10.7. The summed E-state index contributed by atoms with van der Waals surface area (Å²) in [5.41, 5.74) is 4.87. The third-order valence-corrected chi connectivity index (χ3v) is 5.75. The summed E-state index contributed by atoms with van der Waals surface area (Å²) in [5, 5.41) is 8.52. The van der Waals surface area contributed by atoms with Crippen LogP contribution in [0.1, 0.15) is 18.1 Å². The van der Waals surface area contributed by atoms with Gasteiger partial charge in [-0.2, -0.15) is 0 Å². The Hall–Kier alpha value is -3.33. The molecular weight excluding hydrogens is 405 g/mol. The number of halogens is 1. The first kappa shape index (κ1) is 20.0. The minimum Gasteiger partial charge on any atom is -0.328 e. The van der Waals surface area contributed by atoms with Gasteiger partial charge in [0.15, 0.2) is 0 Å². The molecule has 2 heterocycles. The molecule has 0 aliphatic heterocycles. The van der Waals surface area contributed by atoms with Crippen LogP contribution in [0.25, 0.3) is 22.2 Å². The summed E-state index contributed by atoms with van der Waals surface area (Å²) >= 11 is 0. The monoisotopic (exact) mass is 425 g/mol. The maximum Gasteiger partial charge on any atom is 0.250 e. The molecule has 0 radical (unpaired) electrons. The average Bonchev–Trinajstić information content (AvgIpc) is 3.14. The standard InChI is InChI=1S/C21H20FN5O2S/c1-3-30(29)25-18-9-15(16-8-13(2)21(28)23-11-16)10-19-20(18)24-26-27(19)12-14-4-6-17(22)7-5-14/h4-11,25H,3,12H2,1-2H3,(H,23,28). The lowest BCUT2D eigenvalue weighted by atomic mass is 10.0. The van der Waals surface area contributed by atoms with Crippen LogP contribution in [-0.2, 0) is 17.5 Å². The van der Waals surface area contributed by atoms with Crippen LogP contribution in [-0.4, -0.2) is 29.9 Å². The number of fused-ring (bicyclic) bond motifs is 1. The van der Waals surface area contributed by atoms with Crippen molar-refractivity contribution < 1.29 is 8.60 Å². The first-order chi connectivity index (χ1) is 14.4. The van der Waals surface area contributed by atoms with Crippen LogP contribution in [0.5, 0.6) is 0 Å². The molecule has 0 aliphatic rings. The number of anilines is 1. The van der Waals surface area contributed by atoms with Crippen LogP contribution in [0.2, 0.25) is 0 Å². The second kappa shape index (κ2) is 8.19. The molecule has 4 aromatic rings. The molecule has 0 spiro atoms. The zero-order valence-corrected chi connectivity index (χ0v) is 17.3. The van der Waals surface area contributed by atoms with Gasteiger partial charge in [-0.3, -0.25) is 4.79 Å². The summed E-state index contributed by atoms with van der Waals surface area (Å²) in [7, 11) is -1.26. The van der Waals surface area contributed by atoms with E-state index < -0.39 is 11.0 Å². The second-order valence-corrected chi connectivity index (χ2v) is 8.37. The Kier molecular flexibility index (Phi) is 5.45. The van der Waals surface area contributed by atoms with E-state index in [1.165, 1.54) is 12.1 Å². The highest BCUT2D eigenvalue weighted by molar-refractivity contribution is 7.86. The number of rotatable bonds is 6. The quantitative estimate of drug-likeness (QED) is 0.495. The fourth-order valence-corrected chi connectivity index (χ4v) is 3.70. The predicted octanol–water partition coefficient (Wildman–Crippen LogP) is 3.38. The zero-order valence-electron chi connectivity index (χ0n) is 16.5. The number of aryl methyl sites for hydroxylation is 1. The van der Waals surface area contributed by atoms with E-state index in [4.69, 9.17) is 0 Å². The maximum absolute atomic E-state index is 13.2. The van der Waals surface area contributed by atoms with Crippen molar-refractivity contribution in [3.63, 3.8) is 0 Å².